The SMILES string of the molecule is CC(C)c1cccc2c1CCN(CC1CCCCC1)C2. The van der Waals surface area contributed by atoms with Crippen molar-refractivity contribution in [1.29, 1.82) is 0 Å². The van der Waals surface area contributed by atoms with Crippen molar-refractivity contribution in [2.24, 2.45) is 5.92 Å². The zero-order valence-corrected chi connectivity index (χ0v) is 13.2. The van der Waals surface area contributed by atoms with Crippen LogP contribution in [0.1, 0.15) is 68.6 Å². The zero-order valence-electron chi connectivity index (χ0n) is 13.2. The molecule has 1 heterocycles. The Morgan fingerprint density at radius 3 is 2.70 bits per heavy atom. The molecule has 0 atom stereocenters. The van der Waals surface area contributed by atoms with Gasteiger partial charge in [-0.2, -0.15) is 0 Å². The Morgan fingerprint density at radius 2 is 1.95 bits per heavy atom. The maximum Gasteiger partial charge on any atom is 0.0236 e. The van der Waals surface area contributed by atoms with Gasteiger partial charge in [-0.3, -0.25) is 4.90 Å². The van der Waals surface area contributed by atoms with Crippen molar-refractivity contribution in [1.82, 2.24) is 4.90 Å². The molecule has 110 valence electrons. The number of hydrogen-bond donors (Lipinski definition) is 0. The number of benzene rings is 1. The second-order valence-corrected chi connectivity index (χ2v) is 7.13. The van der Waals surface area contributed by atoms with Gasteiger partial charge in [0.2, 0.25) is 0 Å². The fourth-order valence-electron chi connectivity index (χ4n) is 4.13. The van der Waals surface area contributed by atoms with Crippen LogP contribution in [0.5, 0.6) is 0 Å². The lowest BCUT2D eigenvalue weighted by molar-refractivity contribution is 0.187. The topological polar surface area (TPSA) is 3.24 Å². The standard InChI is InChI=1S/C19H29N/c1-15(2)18-10-6-9-17-14-20(12-11-19(17)18)13-16-7-4-3-5-8-16/h6,9-10,15-16H,3-5,7-8,11-14H2,1-2H3. The van der Waals surface area contributed by atoms with E-state index in [4.69, 9.17) is 0 Å². The Hall–Kier alpha value is -0.820. The number of nitrogens with zero attached hydrogens (tertiary/aromatic N) is 1. The van der Waals surface area contributed by atoms with Gasteiger partial charge < -0.3 is 0 Å². The lowest BCUT2D eigenvalue weighted by Gasteiger charge is -2.34. The highest BCUT2D eigenvalue weighted by Gasteiger charge is 2.22. The molecule has 1 heteroatoms. The van der Waals surface area contributed by atoms with Crippen molar-refractivity contribution in [3.05, 3.63) is 34.9 Å². The molecule has 3 rings (SSSR count). The molecule has 0 unspecified atom stereocenters. The van der Waals surface area contributed by atoms with E-state index in [0.29, 0.717) is 5.92 Å². The Bertz CT molecular complexity index is 443. The van der Waals surface area contributed by atoms with Crippen molar-refractivity contribution < 1.29 is 0 Å². The monoisotopic (exact) mass is 271 g/mol. The van der Waals surface area contributed by atoms with Crippen LogP contribution in [0.4, 0.5) is 0 Å². The van der Waals surface area contributed by atoms with Crippen LogP contribution in [-0.2, 0) is 13.0 Å². The summed E-state index contributed by atoms with van der Waals surface area (Å²) in [4.78, 5) is 2.71. The average Bonchev–Trinajstić information content (AvgIpc) is 2.47. The molecule has 0 N–H and O–H groups in total. The summed E-state index contributed by atoms with van der Waals surface area (Å²) in [6, 6.07) is 6.95. The minimum absolute atomic E-state index is 0.662. The van der Waals surface area contributed by atoms with E-state index in [1.807, 2.05) is 0 Å². The van der Waals surface area contributed by atoms with E-state index in [-0.39, 0.29) is 0 Å². The van der Waals surface area contributed by atoms with E-state index in [1.54, 1.807) is 16.7 Å². The van der Waals surface area contributed by atoms with Crippen LogP contribution >= 0.6 is 0 Å². The molecule has 0 bridgehead atoms. The van der Waals surface area contributed by atoms with Gasteiger partial charge in [0.1, 0.15) is 0 Å². The van der Waals surface area contributed by atoms with E-state index in [2.05, 4.69) is 36.9 Å². The second-order valence-electron chi connectivity index (χ2n) is 7.13. The lowest BCUT2D eigenvalue weighted by atomic mass is 9.86. The van der Waals surface area contributed by atoms with Gasteiger partial charge in [-0.1, -0.05) is 51.3 Å². The molecular formula is C19H29N. The van der Waals surface area contributed by atoms with Gasteiger partial charge in [-0.25, -0.2) is 0 Å². The summed E-state index contributed by atoms with van der Waals surface area (Å²) < 4.78 is 0. The summed E-state index contributed by atoms with van der Waals surface area (Å²) in [5.41, 5.74) is 4.83. The third-order valence-electron chi connectivity index (χ3n) is 5.24. The molecule has 0 saturated heterocycles. The van der Waals surface area contributed by atoms with Crippen LogP contribution in [-0.4, -0.2) is 18.0 Å². The third-order valence-corrected chi connectivity index (χ3v) is 5.24. The molecule has 1 fully saturated rings. The van der Waals surface area contributed by atoms with E-state index in [1.165, 1.54) is 58.2 Å². The van der Waals surface area contributed by atoms with Crippen LogP contribution in [0.3, 0.4) is 0 Å². The van der Waals surface area contributed by atoms with Gasteiger partial charge in [0, 0.05) is 19.6 Å². The third kappa shape index (κ3) is 3.09. The van der Waals surface area contributed by atoms with Gasteiger partial charge in [-0.15, -0.1) is 0 Å². The molecule has 1 aromatic carbocycles. The van der Waals surface area contributed by atoms with Gasteiger partial charge in [0.05, 0.1) is 0 Å². The van der Waals surface area contributed by atoms with E-state index >= 15 is 0 Å². The molecule has 1 nitrogen and oxygen atoms in total. The Labute approximate surface area is 124 Å². The van der Waals surface area contributed by atoms with Gasteiger partial charge in [-0.05, 0) is 47.8 Å². The zero-order chi connectivity index (χ0) is 13.9. The molecule has 1 saturated carbocycles. The molecule has 0 aromatic heterocycles. The van der Waals surface area contributed by atoms with E-state index in [0.717, 1.165) is 5.92 Å². The normalized spacial score (nSPS) is 21.1. The van der Waals surface area contributed by atoms with Crippen molar-refractivity contribution >= 4 is 0 Å². The highest BCUT2D eigenvalue weighted by Crippen LogP contribution is 2.30. The fraction of sp³-hybridized carbons (Fsp3) is 0.684. The minimum Gasteiger partial charge on any atom is -0.298 e. The fourth-order valence-corrected chi connectivity index (χ4v) is 4.13. The summed E-state index contributed by atoms with van der Waals surface area (Å²) >= 11 is 0. The first kappa shape index (κ1) is 14.1. The van der Waals surface area contributed by atoms with Crippen LogP contribution in [0.2, 0.25) is 0 Å². The van der Waals surface area contributed by atoms with Crippen LogP contribution < -0.4 is 0 Å². The summed E-state index contributed by atoms with van der Waals surface area (Å²) in [6.45, 7) is 8.44. The van der Waals surface area contributed by atoms with Gasteiger partial charge in [0.15, 0.2) is 0 Å². The van der Waals surface area contributed by atoms with Crippen LogP contribution in [0.25, 0.3) is 0 Å². The highest BCUT2D eigenvalue weighted by molar-refractivity contribution is 5.38. The predicted octanol–water partition coefficient (Wildman–Crippen LogP) is 4.75. The molecule has 20 heavy (non-hydrogen) atoms. The first-order valence-corrected chi connectivity index (χ1v) is 8.57. The average molecular weight is 271 g/mol. The largest absolute Gasteiger partial charge is 0.298 e. The molecule has 0 spiro atoms. The minimum atomic E-state index is 0.662. The van der Waals surface area contributed by atoms with Crippen molar-refractivity contribution in [2.75, 3.05) is 13.1 Å². The maximum atomic E-state index is 2.71. The highest BCUT2D eigenvalue weighted by atomic mass is 15.1. The van der Waals surface area contributed by atoms with Crippen molar-refractivity contribution in [3.63, 3.8) is 0 Å². The molecule has 1 aliphatic heterocycles. The molecule has 1 aromatic rings. The molecule has 0 amide bonds. The van der Waals surface area contributed by atoms with Crippen LogP contribution in [0.15, 0.2) is 18.2 Å². The number of fused-ring (bicyclic) bond motifs is 1. The van der Waals surface area contributed by atoms with E-state index in [9.17, 15) is 0 Å². The summed E-state index contributed by atoms with van der Waals surface area (Å²) in [7, 11) is 0. The van der Waals surface area contributed by atoms with Crippen molar-refractivity contribution in [2.45, 2.75) is 64.8 Å². The Morgan fingerprint density at radius 1 is 1.15 bits per heavy atom. The molecule has 2 aliphatic rings. The molecular weight excluding hydrogens is 242 g/mol. The van der Waals surface area contributed by atoms with E-state index < -0.39 is 0 Å². The summed E-state index contributed by atoms with van der Waals surface area (Å²) in [5.74, 6) is 1.63. The Balaban J connectivity index is 1.67. The van der Waals surface area contributed by atoms with Gasteiger partial charge in [0.25, 0.3) is 0 Å². The summed E-state index contributed by atoms with van der Waals surface area (Å²) in [6.07, 6.45) is 8.59. The maximum absolute atomic E-state index is 2.71. The van der Waals surface area contributed by atoms with Crippen molar-refractivity contribution in [3.8, 4) is 0 Å². The quantitative estimate of drug-likeness (QED) is 0.767. The Kier molecular flexibility index (Phi) is 4.45. The first-order valence-electron chi connectivity index (χ1n) is 8.57. The molecule has 1 aliphatic carbocycles. The molecule has 0 radical (unpaired) electrons. The van der Waals surface area contributed by atoms with Gasteiger partial charge >= 0.3 is 0 Å². The first-order chi connectivity index (χ1) is 9.74. The number of rotatable bonds is 3. The predicted molar refractivity (Wildman–Crippen MR) is 86.1 cm³/mol. The smallest absolute Gasteiger partial charge is 0.0236 e. The summed E-state index contributed by atoms with van der Waals surface area (Å²) in [5, 5.41) is 0. The number of hydrogen-bond acceptors (Lipinski definition) is 1. The van der Waals surface area contributed by atoms with Crippen LogP contribution in [0, 0.1) is 5.92 Å². The second kappa shape index (κ2) is 6.30. The lowest BCUT2D eigenvalue weighted by Crippen LogP contribution is -2.35.